The van der Waals surface area contributed by atoms with Gasteiger partial charge in [-0.05, 0) is 37.6 Å². The normalized spacial score (nSPS) is 11.3. The average molecular weight is 347 g/mol. The predicted octanol–water partition coefficient (Wildman–Crippen LogP) is 3.62. The molecular weight excluding hydrogens is 324 g/mol. The van der Waals surface area contributed by atoms with Crippen LogP contribution in [0, 0.1) is 11.6 Å². The fraction of sp³-hybridized carbons (Fsp3) is 0.316. The molecule has 0 atom stereocenters. The van der Waals surface area contributed by atoms with Gasteiger partial charge in [-0.2, -0.15) is 0 Å². The van der Waals surface area contributed by atoms with Crippen molar-refractivity contribution in [3.8, 4) is 5.75 Å². The van der Waals surface area contributed by atoms with Crippen molar-refractivity contribution < 1.29 is 13.5 Å². The molecule has 0 unspecified atom stereocenters. The van der Waals surface area contributed by atoms with Gasteiger partial charge in [0.05, 0.1) is 13.2 Å². The second-order valence-electron chi connectivity index (χ2n) is 5.34. The van der Waals surface area contributed by atoms with Crippen molar-refractivity contribution >= 4 is 5.96 Å². The van der Waals surface area contributed by atoms with E-state index in [0.717, 1.165) is 5.56 Å². The number of benzene rings is 2. The molecule has 0 saturated heterocycles. The van der Waals surface area contributed by atoms with Crippen molar-refractivity contribution in [3.05, 3.63) is 65.2 Å². The molecular formula is C19H23F2N3O. The van der Waals surface area contributed by atoms with Crippen LogP contribution in [0.1, 0.15) is 25.0 Å². The summed E-state index contributed by atoms with van der Waals surface area (Å²) in [7, 11) is 0. The predicted molar refractivity (Wildman–Crippen MR) is 95.6 cm³/mol. The van der Waals surface area contributed by atoms with Crippen LogP contribution in [0.5, 0.6) is 5.75 Å². The van der Waals surface area contributed by atoms with Crippen molar-refractivity contribution in [2.45, 2.75) is 26.9 Å². The molecule has 6 heteroatoms. The average Bonchev–Trinajstić information content (AvgIpc) is 2.61. The molecule has 0 heterocycles. The zero-order valence-corrected chi connectivity index (χ0v) is 14.5. The summed E-state index contributed by atoms with van der Waals surface area (Å²) in [5.41, 5.74) is 1.28. The first kappa shape index (κ1) is 18.7. The Morgan fingerprint density at radius 1 is 1.04 bits per heavy atom. The third-order valence-corrected chi connectivity index (χ3v) is 3.46. The molecule has 0 aliphatic carbocycles. The van der Waals surface area contributed by atoms with E-state index in [4.69, 9.17) is 4.74 Å². The lowest BCUT2D eigenvalue weighted by Crippen LogP contribution is -2.37. The Bertz CT molecular complexity index is 720. The molecule has 0 spiro atoms. The van der Waals surface area contributed by atoms with Crippen molar-refractivity contribution in [3.63, 3.8) is 0 Å². The highest BCUT2D eigenvalue weighted by Crippen LogP contribution is 2.18. The van der Waals surface area contributed by atoms with E-state index in [2.05, 4.69) is 15.6 Å². The monoisotopic (exact) mass is 347 g/mol. The molecule has 0 aliphatic rings. The Labute approximate surface area is 146 Å². The van der Waals surface area contributed by atoms with Gasteiger partial charge in [-0.1, -0.05) is 24.3 Å². The van der Waals surface area contributed by atoms with Crippen LogP contribution < -0.4 is 15.4 Å². The largest absolute Gasteiger partial charge is 0.491 e. The number of nitrogens with zero attached hydrogens (tertiary/aromatic N) is 1. The van der Waals surface area contributed by atoms with Crippen LogP contribution in [0.25, 0.3) is 0 Å². The minimum absolute atomic E-state index is 0.236. The molecule has 25 heavy (non-hydrogen) atoms. The van der Waals surface area contributed by atoms with E-state index in [0.29, 0.717) is 37.8 Å². The van der Waals surface area contributed by atoms with Crippen LogP contribution in [0.15, 0.2) is 47.5 Å². The standard InChI is InChI=1S/C19H23F2N3O/c1-3-22-19(24-13-15-7-5-6-8-16(15)20)23-12-14-9-10-18(25-4-2)17(21)11-14/h5-11H,3-4,12-13H2,1-2H3,(H2,22,23,24). The second kappa shape index (κ2) is 9.61. The number of guanidine groups is 1. The third kappa shape index (κ3) is 5.74. The molecule has 0 saturated carbocycles. The third-order valence-electron chi connectivity index (χ3n) is 3.46. The van der Waals surface area contributed by atoms with Crippen LogP contribution in [-0.2, 0) is 13.1 Å². The highest BCUT2D eigenvalue weighted by atomic mass is 19.1. The minimum atomic E-state index is -0.404. The number of hydrogen-bond donors (Lipinski definition) is 2. The number of hydrogen-bond acceptors (Lipinski definition) is 2. The number of ether oxygens (including phenoxy) is 1. The minimum Gasteiger partial charge on any atom is -0.491 e. The first-order valence-electron chi connectivity index (χ1n) is 8.30. The first-order valence-corrected chi connectivity index (χ1v) is 8.30. The zero-order valence-electron chi connectivity index (χ0n) is 14.5. The number of aliphatic imine (C=N–C) groups is 1. The quantitative estimate of drug-likeness (QED) is 0.594. The van der Waals surface area contributed by atoms with Gasteiger partial charge in [-0.25, -0.2) is 13.8 Å². The topological polar surface area (TPSA) is 45.7 Å². The van der Waals surface area contributed by atoms with E-state index in [-0.39, 0.29) is 11.6 Å². The van der Waals surface area contributed by atoms with E-state index >= 15 is 0 Å². The summed E-state index contributed by atoms with van der Waals surface area (Å²) in [5, 5.41) is 6.16. The van der Waals surface area contributed by atoms with Gasteiger partial charge in [0.15, 0.2) is 17.5 Å². The summed E-state index contributed by atoms with van der Waals surface area (Å²) in [6.45, 7) is 5.45. The van der Waals surface area contributed by atoms with E-state index in [1.165, 1.54) is 12.1 Å². The van der Waals surface area contributed by atoms with Gasteiger partial charge in [-0.15, -0.1) is 0 Å². The molecule has 0 fully saturated rings. The van der Waals surface area contributed by atoms with Crippen molar-refractivity contribution in [2.24, 2.45) is 4.99 Å². The Kier molecular flexibility index (Phi) is 7.19. The molecule has 2 N–H and O–H groups in total. The summed E-state index contributed by atoms with van der Waals surface area (Å²) < 4.78 is 32.7. The Morgan fingerprint density at radius 2 is 1.84 bits per heavy atom. The Balaban J connectivity index is 2.01. The molecule has 0 aliphatic heterocycles. The van der Waals surface area contributed by atoms with E-state index < -0.39 is 5.82 Å². The molecule has 134 valence electrons. The van der Waals surface area contributed by atoms with Crippen LogP contribution in [-0.4, -0.2) is 19.1 Å². The zero-order chi connectivity index (χ0) is 18.1. The molecule has 4 nitrogen and oxygen atoms in total. The number of nitrogens with one attached hydrogen (secondary N) is 2. The SMILES string of the molecule is CCNC(=NCc1ccc(OCC)c(F)c1)NCc1ccccc1F. The molecule has 0 amide bonds. The Hall–Kier alpha value is -2.63. The molecule has 2 rings (SSSR count). The highest BCUT2D eigenvalue weighted by Gasteiger charge is 2.05. The van der Waals surface area contributed by atoms with Crippen molar-refractivity contribution in [1.82, 2.24) is 10.6 Å². The van der Waals surface area contributed by atoms with Gasteiger partial charge in [0.25, 0.3) is 0 Å². The smallest absolute Gasteiger partial charge is 0.191 e. The van der Waals surface area contributed by atoms with E-state index in [1.54, 1.807) is 30.3 Å². The first-order chi connectivity index (χ1) is 12.1. The van der Waals surface area contributed by atoms with Crippen LogP contribution >= 0.6 is 0 Å². The van der Waals surface area contributed by atoms with Crippen LogP contribution in [0.4, 0.5) is 8.78 Å². The van der Waals surface area contributed by atoms with Crippen molar-refractivity contribution in [1.29, 1.82) is 0 Å². The van der Waals surface area contributed by atoms with Gasteiger partial charge in [0.1, 0.15) is 5.82 Å². The maximum atomic E-state index is 13.9. The second-order valence-corrected chi connectivity index (χ2v) is 5.34. The summed E-state index contributed by atoms with van der Waals surface area (Å²) >= 11 is 0. The van der Waals surface area contributed by atoms with Gasteiger partial charge in [-0.3, -0.25) is 0 Å². The lowest BCUT2D eigenvalue weighted by Gasteiger charge is -2.12. The summed E-state index contributed by atoms with van der Waals surface area (Å²) in [5.74, 6) is 0.109. The Morgan fingerprint density at radius 3 is 2.52 bits per heavy atom. The molecule has 2 aromatic carbocycles. The van der Waals surface area contributed by atoms with E-state index in [9.17, 15) is 8.78 Å². The van der Waals surface area contributed by atoms with Gasteiger partial charge < -0.3 is 15.4 Å². The van der Waals surface area contributed by atoms with Gasteiger partial charge >= 0.3 is 0 Å². The van der Waals surface area contributed by atoms with Gasteiger partial charge in [0, 0.05) is 18.7 Å². The summed E-state index contributed by atoms with van der Waals surface area (Å²) in [4.78, 5) is 4.41. The van der Waals surface area contributed by atoms with Crippen LogP contribution in [0.3, 0.4) is 0 Å². The van der Waals surface area contributed by atoms with Crippen LogP contribution in [0.2, 0.25) is 0 Å². The molecule has 2 aromatic rings. The lowest BCUT2D eigenvalue weighted by molar-refractivity contribution is 0.321. The highest BCUT2D eigenvalue weighted by molar-refractivity contribution is 5.79. The van der Waals surface area contributed by atoms with Gasteiger partial charge in [0.2, 0.25) is 0 Å². The fourth-order valence-corrected chi connectivity index (χ4v) is 2.25. The maximum absolute atomic E-state index is 13.9. The van der Waals surface area contributed by atoms with E-state index in [1.807, 2.05) is 13.8 Å². The lowest BCUT2D eigenvalue weighted by atomic mass is 10.2. The maximum Gasteiger partial charge on any atom is 0.191 e. The number of halogens is 2. The van der Waals surface area contributed by atoms with Crippen molar-refractivity contribution in [2.75, 3.05) is 13.2 Å². The number of rotatable bonds is 7. The summed E-state index contributed by atoms with van der Waals surface area (Å²) in [6.07, 6.45) is 0. The fourth-order valence-electron chi connectivity index (χ4n) is 2.25. The molecule has 0 bridgehead atoms. The molecule has 0 aromatic heterocycles. The molecule has 0 radical (unpaired) electrons. The summed E-state index contributed by atoms with van der Waals surface area (Å²) in [6, 6.07) is 11.4.